The van der Waals surface area contributed by atoms with E-state index in [2.05, 4.69) is 30.7 Å². The van der Waals surface area contributed by atoms with Crippen LogP contribution in [0, 0.1) is 0 Å². The molecular formula is C10H12N6O. The van der Waals surface area contributed by atoms with Gasteiger partial charge < -0.3 is 5.32 Å². The van der Waals surface area contributed by atoms with Crippen LogP contribution in [0.15, 0.2) is 12.3 Å². The Labute approximate surface area is 97.0 Å². The minimum Gasteiger partial charge on any atom is -0.344 e. The van der Waals surface area contributed by atoms with Crippen LogP contribution in [0.2, 0.25) is 0 Å². The number of hydrogen-bond acceptors (Lipinski definition) is 4. The predicted molar refractivity (Wildman–Crippen MR) is 58.1 cm³/mol. The number of amides is 1. The van der Waals surface area contributed by atoms with Gasteiger partial charge in [-0.05, 0) is 18.9 Å². The van der Waals surface area contributed by atoms with Gasteiger partial charge in [0.15, 0.2) is 0 Å². The summed E-state index contributed by atoms with van der Waals surface area (Å²) < 4.78 is 0. The van der Waals surface area contributed by atoms with E-state index >= 15 is 0 Å². The Hall–Kier alpha value is -2.18. The van der Waals surface area contributed by atoms with E-state index in [0.29, 0.717) is 12.5 Å². The van der Waals surface area contributed by atoms with Crippen molar-refractivity contribution in [2.75, 3.05) is 0 Å². The second kappa shape index (κ2) is 4.00. The summed E-state index contributed by atoms with van der Waals surface area (Å²) in [5.74, 6) is 1.21. The lowest BCUT2D eigenvalue weighted by Crippen LogP contribution is -2.24. The molecule has 3 rings (SSSR count). The van der Waals surface area contributed by atoms with Crippen molar-refractivity contribution < 1.29 is 4.79 Å². The topological polar surface area (TPSA) is 99.4 Å². The summed E-state index contributed by atoms with van der Waals surface area (Å²) in [6.07, 6.45) is 3.90. The zero-order valence-corrected chi connectivity index (χ0v) is 9.10. The van der Waals surface area contributed by atoms with E-state index in [1.165, 1.54) is 0 Å². The number of nitrogens with zero attached hydrogens (tertiary/aromatic N) is 3. The van der Waals surface area contributed by atoms with Crippen molar-refractivity contribution >= 4 is 5.91 Å². The van der Waals surface area contributed by atoms with E-state index in [1.807, 2.05) is 0 Å². The number of hydrogen-bond donors (Lipinski definition) is 3. The van der Waals surface area contributed by atoms with Gasteiger partial charge in [0.05, 0.1) is 12.2 Å². The number of aromatic nitrogens is 5. The van der Waals surface area contributed by atoms with Gasteiger partial charge in [0, 0.05) is 12.1 Å². The highest BCUT2D eigenvalue weighted by atomic mass is 16.2. The molecule has 0 radical (unpaired) electrons. The average Bonchev–Trinajstić information content (AvgIpc) is 2.88. The third-order valence-electron chi connectivity index (χ3n) is 2.67. The summed E-state index contributed by atoms with van der Waals surface area (Å²) in [4.78, 5) is 15.9. The van der Waals surface area contributed by atoms with Crippen LogP contribution < -0.4 is 5.32 Å². The van der Waals surface area contributed by atoms with Crippen molar-refractivity contribution in [3.05, 3.63) is 29.6 Å². The molecule has 1 saturated carbocycles. The number of aromatic amines is 2. The fourth-order valence-electron chi connectivity index (χ4n) is 1.55. The third kappa shape index (κ3) is 2.17. The summed E-state index contributed by atoms with van der Waals surface area (Å²) in [7, 11) is 0. The Morgan fingerprint density at radius 2 is 2.35 bits per heavy atom. The van der Waals surface area contributed by atoms with Gasteiger partial charge in [0.1, 0.15) is 5.82 Å². The highest BCUT2D eigenvalue weighted by molar-refractivity contribution is 5.90. The van der Waals surface area contributed by atoms with Gasteiger partial charge in [-0.3, -0.25) is 15.0 Å². The normalized spacial score (nSPS) is 14.8. The molecule has 0 unspecified atom stereocenters. The first kappa shape index (κ1) is 10.0. The summed E-state index contributed by atoms with van der Waals surface area (Å²) in [5, 5.41) is 16.0. The van der Waals surface area contributed by atoms with E-state index in [4.69, 9.17) is 0 Å². The first-order valence-electron chi connectivity index (χ1n) is 5.51. The van der Waals surface area contributed by atoms with Crippen LogP contribution in [0.4, 0.5) is 0 Å². The number of nitrogens with one attached hydrogen (secondary N) is 3. The van der Waals surface area contributed by atoms with E-state index in [-0.39, 0.29) is 11.7 Å². The van der Waals surface area contributed by atoms with Crippen LogP contribution in [0.25, 0.3) is 0 Å². The second-order valence-electron chi connectivity index (χ2n) is 4.08. The van der Waals surface area contributed by atoms with Crippen molar-refractivity contribution in [3.63, 3.8) is 0 Å². The molecule has 7 nitrogen and oxygen atoms in total. The fourth-order valence-corrected chi connectivity index (χ4v) is 1.55. The highest BCUT2D eigenvalue weighted by Gasteiger charge is 2.28. The molecular weight excluding hydrogens is 220 g/mol. The molecule has 0 atom stereocenters. The van der Waals surface area contributed by atoms with Crippen LogP contribution in [0.5, 0.6) is 0 Å². The van der Waals surface area contributed by atoms with E-state index in [1.54, 1.807) is 12.3 Å². The van der Waals surface area contributed by atoms with Crippen molar-refractivity contribution in [2.45, 2.75) is 25.3 Å². The third-order valence-corrected chi connectivity index (χ3v) is 2.67. The van der Waals surface area contributed by atoms with Gasteiger partial charge in [0.25, 0.3) is 5.91 Å². The van der Waals surface area contributed by atoms with Crippen molar-refractivity contribution in [3.8, 4) is 0 Å². The molecule has 1 amide bonds. The van der Waals surface area contributed by atoms with Crippen LogP contribution in [0.3, 0.4) is 0 Å². The fraction of sp³-hybridized carbons (Fsp3) is 0.400. The Kier molecular flexibility index (Phi) is 2.36. The number of rotatable bonds is 4. The molecule has 7 heteroatoms. The first-order valence-corrected chi connectivity index (χ1v) is 5.51. The lowest BCUT2D eigenvalue weighted by atomic mass is 10.4. The van der Waals surface area contributed by atoms with Gasteiger partial charge in [-0.1, -0.05) is 0 Å². The average molecular weight is 232 g/mol. The molecule has 2 heterocycles. The summed E-state index contributed by atoms with van der Waals surface area (Å²) >= 11 is 0. The summed E-state index contributed by atoms with van der Waals surface area (Å²) in [5.41, 5.74) is 0.844. The van der Waals surface area contributed by atoms with E-state index in [0.717, 1.165) is 24.4 Å². The first-order chi connectivity index (χ1) is 8.33. The number of H-pyrrole nitrogens is 2. The summed E-state index contributed by atoms with van der Waals surface area (Å²) in [6.45, 7) is 0.395. The van der Waals surface area contributed by atoms with Crippen LogP contribution in [0.1, 0.15) is 40.9 Å². The maximum Gasteiger partial charge on any atom is 0.291 e. The minimum atomic E-state index is -0.275. The van der Waals surface area contributed by atoms with Gasteiger partial charge in [-0.15, -0.1) is 5.10 Å². The zero-order valence-electron chi connectivity index (χ0n) is 9.10. The maximum atomic E-state index is 11.7. The van der Waals surface area contributed by atoms with Gasteiger partial charge >= 0.3 is 0 Å². The standard InChI is InChI=1S/C10H12N6O/c17-10(11-5-7-3-4-12-14-7)9-13-8(15-16-9)6-1-2-6/h3-4,6H,1-2,5H2,(H,11,17)(H,12,14)(H,13,15,16). The molecule has 0 aromatic carbocycles. The molecule has 0 saturated heterocycles. The largest absolute Gasteiger partial charge is 0.344 e. The SMILES string of the molecule is O=C(NCc1ccn[nH]1)c1n[nH]c(C2CC2)n1. The Bertz CT molecular complexity index is 513. The molecule has 1 aliphatic rings. The second-order valence-corrected chi connectivity index (χ2v) is 4.08. The maximum absolute atomic E-state index is 11.7. The van der Waals surface area contributed by atoms with Crippen molar-refractivity contribution in [2.24, 2.45) is 0 Å². The van der Waals surface area contributed by atoms with Gasteiger partial charge in [0.2, 0.25) is 5.82 Å². The van der Waals surface area contributed by atoms with Crippen molar-refractivity contribution in [1.29, 1.82) is 0 Å². The monoisotopic (exact) mass is 232 g/mol. The highest BCUT2D eigenvalue weighted by Crippen LogP contribution is 2.37. The quantitative estimate of drug-likeness (QED) is 0.707. The molecule has 3 N–H and O–H groups in total. The number of carbonyl (C=O) groups is 1. The Balaban J connectivity index is 1.60. The molecule has 88 valence electrons. The lowest BCUT2D eigenvalue weighted by Gasteiger charge is -1.98. The molecule has 1 fully saturated rings. The van der Waals surface area contributed by atoms with Gasteiger partial charge in [-0.2, -0.15) is 5.10 Å². The van der Waals surface area contributed by atoms with E-state index in [9.17, 15) is 4.79 Å². The van der Waals surface area contributed by atoms with Crippen LogP contribution in [-0.4, -0.2) is 31.3 Å². The molecule has 2 aromatic rings. The number of carbonyl (C=O) groups excluding carboxylic acids is 1. The minimum absolute atomic E-state index is 0.200. The molecule has 0 bridgehead atoms. The smallest absolute Gasteiger partial charge is 0.291 e. The summed E-state index contributed by atoms with van der Waals surface area (Å²) in [6, 6.07) is 1.80. The molecule has 17 heavy (non-hydrogen) atoms. The Morgan fingerprint density at radius 1 is 1.47 bits per heavy atom. The van der Waals surface area contributed by atoms with Crippen LogP contribution >= 0.6 is 0 Å². The molecule has 0 aliphatic heterocycles. The van der Waals surface area contributed by atoms with Crippen LogP contribution in [-0.2, 0) is 6.54 Å². The van der Waals surface area contributed by atoms with E-state index < -0.39 is 0 Å². The van der Waals surface area contributed by atoms with Crippen molar-refractivity contribution in [1.82, 2.24) is 30.7 Å². The Morgan fingerprint density at radius 3 is 3.06 bits per heavy atom. The zero-order chi connectivity index (χ0) is 11.7. The molecule has 0 spiro atoms. The van der Waals surface area contributed by atoms with Gasteiger partial charge in [-0.25, -0.2) is 4.98 Å². The molecule has 1 aliphatic carbocycles. The predicted octanol–water partition coefficient (Wildman–Crippen LogP) is 0.335. The molecule has 2 aromatic heterocycles. The lowest BCUT2D eigenvalue weighted by molar-refractivity contribution is 0.0940.